The number of carbonyl (C=O) groups excluding carboxylic acids is 1. The van der Waals surface area contributed by atoms with Crippen molar-refractivity contribution in [3.63, 3.8) is 0 Å². The zero-order chi connectivity index (χ0) is 14.1. The number of halogens is 1. The standard InChI is InChI=1S/C14H20ClNO3/c1-3-12(14(17)16-9-6-10-18-2)19-13-8-5-4-7-11(13)15/h4-5,7-8,12H,3,6,9-10H2,1-2H3,(H,16,17)/t12-/m0/s1. The Labute approximate surface area is 119 Å². The lowest BCUT2D eigenvalue weighted by Crippen LogP contribution is -2.38. The summed E-state index contributed by atoms with van der Waals surface area (Å²) in [4.78, 5) is 11.9. The Morgan fingerprint density at radius 3 is 2.79 bits per heavy atom. The van der Waals surface area contributed by atoms with Crippen LogP contribution in [0.3, 0.4) is 0 Å². The minimum Gasteiger partial charge on any atom is -0.479 e. The summed E-state index contributed by atoms with van der Waals surface area (Å²) in [6, 6.07) is 7.13. The van der Waals surface area contributed by atoms with Crippen LogP contribution in [0.4, 0.5) is 0 Å². The van der Waals surface area contributed by atoms with E-state index in [2.05, 4.69) is 5.32 Å². The Morgan fingerprint density at radius 2 is 2.16 bits per heavy atom. The van der Waals surface area contributed by atoms with Gasteiger partial charge in [0, 0.05) is 20.3 Å². The largest absolute Gasteiger partial charge is 0.479 e. The van der Waals surface area contributed by atoms with Gasteiger partial charge in [0.2, 0.25) is 0 Å². The topological polar surface area (TPSA) is 47.6 Å². The Kier molecular flexibility index (Phi) is 7.30. The lowest BCUT2D eigenvalue weighted by Gasteiger charge is -2.17. The summed E-state index contributed by atoms with van der Waals surface area (Å²) in [6.07, 6.45) is 0.842. The molecule has 1 rings (SSSR count). The normalized spacial score (nSPS) is 11.9. The molecule has 106 valence electrons. The number of nitrogens with one attached hydrogen (secondary N) is 1. The van der Waals surface area contributed by atoms with Crippen molar-refractivity contribution in [1.29, 1.82) is 0 Å². The van der Waals surface area contributed by atoms with Gasteiger partial charge >= 0.3 is 0 Å². The first kappa shape index (κ1) is 15.8. The third kappa shape index (κ3) is 5.49. The van der Waals surface area contributed by atoms with Crippen molar-refractivity contribution in [1.82, 2.24) is 5.32 Å². The van der Waals surface area contributed by atoms with Crippen LogP contribution in [0, 0.1) is 0 Å². The molecule has 4 nitrogen and oxygen atoms in total. The SMILES string of the molecule is CC[C@H](Oc1ccccc1Cl)C(=O)NCCCOC. The quantitative estimate of drug-likeness (QED) is 0.747. The third-order valence-corrected chi connectivity index (χ3v) is 2.91. The smallest absolute Gasteiger partial charge is 0.261 e. The molecule has 0 aliphatic carbocycles. The van der Waals surface area contributed by atoms with Crippen LogP contribution in [0.5, 0.6) is 5.75 Å². The van der Waals surface area contributed by atoms with Crippen LogP contribution in [0.25, 0.3) is 0 Å². The second kappa shape index (κ2) is 8.77. The number of ether oxygens (including phenoxy) is 2. The van der Waals surface area contributed by atoms with Crippen LogP contribution < -0.4 is 10.1 Å². The zero-order valence-corrected chi connectivity index (χ0v) is 12.1. The number of methoxy groups -OCH3 is 1. The average molecular weight is 286 g/mol. The van der Waals surface area contributed by atoms with E-state index >= 15 is 0 Å². The summed E-state index contributed by atoms with van der Waals surface area (Å²) < 4.78 is 10.6. The van der Waals surface area contributed by atoms with Crippen molar-refractivity contribution in [3.05, 3.63) is 29.3 Å². The molecular formula is C14H20ClNO3. The van der Waals surface area contributed by atoms with Gasteiger partial charge in [-0.05, 0) is 25.0 Å². The minimum atomic E-state index is -0.526. The maximum atomic E-state index is 11.9. The summed E-state index contributed by atoms with van der Waals surface area (Å²) in [5.74, 6) is 0.404. The van der Waals surface area contributed by atoms with Gasteiger partial charge in [-0.15, -0.1) is 0 Å². The van der Waals surface area contributed by atoms with E-state index in [-0.39, 0.29) is 5.91 Å². The molecule has 0 aliphatic rings. The molecule has 1 aromatic rings. The van der Waals surface area contributed by atoms with E-state index in [1.165, 1.54) is 0 Å². The molecule has 1 aromatic carbocycles. The lowest BCUT2D eigenvalue weighted by atomic mass is 10.2. The molecule has 1 amide bonds. The highest BCUT2D eigenvalue weighted by Crippen LogP contribution is 2.24. The van der Waals surface area contributed by atoms with Crippen molar-refractivity contribution in [2.75, 3.05) is 20.3 Å². The van der Waals surface area contributed by atoms with Crippen LogP contribution in [0.15, 0.2) is 24.3 Å². The summed E-state index contributed by atoms with van der Waals surface area (Å²) in [7, 11) is 1.64. The van der Waals surface area contributed by atoms with Gasteiger partial charge in [0.1, 0.15) is 5.75 Å². The number of hydrogen-bond donors (Lipinski definition) is 1. The first-order chi connectivity index (χ1) is 9.19. The predicted octanol–water partition coefficient (Wildman–Crippen LogP) is 2.65. The van der Waals surface area contributed by atoms with E-state index in [0.29, 0.717) is 30.3 Å². The molecule has 0 fully saturated rings. The molecule has 0 radical (unpaired) electrons. The molecule has 19 heavy (non-hydrogen) atoms. The number of para-hydroxylation sites is 1. The van der Waals surface area contributed by atoms with Crippen molar-refractivity contribution in [2.24, 2.45) is 0 Å². The number of rotatable bonds is 8. The van der Waals surface area contributed by atoms with Gasteiger partial charge in [-0.3, -0.25) is 4.79 Å². The number of amides is 1. The fourth-order valence-electron chi connectivity index (χ4n) is 1.56. The van der Waals surface area contributed by atoms with Crippen LogP contribution in [-0.4, -0.2) is 32.3 Å². The fourth-order valence-corrected chi connectivity index (χ4v) is 1.74. The maximum absolute atomic E-state index is 11.9. The van der Waals surface area contributed by atoms with Gasteiger partial charge in [-0.2, -0.15) is 0 Å². The molecule has 0 aromatic heterocycles. The third-order valence-electron chi connectivity index (χ3n) is 2.59. The van der Waals surface area contributed by atoms with Crippen molar-refractivity contribution in [2.45, 2.75) is 25.9 Å². The molecule has 0 unspecified atom stereocenters. The van der Waals surface area contributed by atoms with Crippen molar-refractivity contribution >= 4 is 17.5 Å². The average Bonchev–Trinajstić information content (AvgIpc) is 2.42. The van der Waals surface area contributed by atoms with E-state index in [1.807, 2.05) is 19.1 Å². The Morgan fingerprint density at radius 1 is 1.42 bits per heavy atom. The Balaban J connectivity index is 2.48. The fraction of sp³-hybridized carbons (Fsp3) is 0.500. The number of hydrogen-bond acceptors (Lipinski definition) is 3. The number of carbonyl (C=O) groups is 1. The van der Waals surface area contributed by atoms with E-state index < -0.39 is 6.10 Å². The Hall–Kier alpha value is -1.26. The highest BCUT2D eigenvalue weighted by atomic mass is 35.5. The van der Waals surface area contributed by atoms with E-state index in [0.717, 1.165) is 6.42 Å². The predicted molar refractivity (Wildman–Crippen MR) is 75.7 cm³/mol. The zero-order valence-electron chi connectivity index (χ0n) is 11.3. The molecule has 0 saturated heterocycles. The molecule has 0 spiro atoms. The summed E-state index contributed by atoms with van der Waals surface area (Å²) in [5, 5.41) is 3.33. The Bertz CT molecular complexity index is 398. The monoisotopic (exact) mass is 285 g/mol. The van der Waals surface area contributed by atoms with Crippen LogP contribution in [0.2, 0.25) is 5.02 Å². The second-order valence-corrected chi connectivity index (χ2v) is 4.49. The molecule has 0 aliphatic heterocycles. The molecule has 1 N–H and O–H groups in total. The van der Waals surface area contributed by atoms with Gasteiger partial charge in [-0.25, -0.2) is 0 Å². The maximum Gasteiger partial charge on any atom is 0.261 e. The highest BCUT2D eigenvalue weighted by molar-refractivity contribution is 6.32. The first-order valence-electron chi connectivity index (χ1n) is 6.36. The molecular weight excluding hydrogens is 266 g/mol. The van der Waals surface area contributed by atoms with Crippen molar-refractivity contribution < 1.29 is 14.3 Å². The number of benzene rings is 1. The van der Waals surface area contributed by atoms with Gasteiger partial charge in [0.25, 0.3) is 5.91 Å². The molecule has 5 heteroatoms. The van der Waals surface area contributed by atoms with Crippen LogP contribution in [-0.2, 0) is 9.53 Å². The molecule has 1 atom stereocenters. The second-order valence-electron chi connectivity index (χ2n) is 4.08. The lowest BCUT2D eigenvalue weighted by molar-refractivity contribution is -0.128. The van der Waals surface area contributed by atoms with E-state index in [1.54, 1.807) is 19.2 Å². The first-order valence-corrected chi connectivity index (χ1v) is 6.74. The van der Waals surface area contributed by atoms with Gasteiger partial charge in [0.05, 0.1) is 5.02 Å². The van der Waals surface area contributed by atoms with E-state index in [9.17, 15) is 4.79 Å². The van der Waals surface area contributed by atoms with E-state index in [4.69, 9.17) is 21.1 Å². The summed E-state index contributed by atoms with van der Waals surface area (Å²) in [5.41, 5.74) is 0. The van der Waals surface area contributed by atoms with Gasteiger partial charge < -0.3 is 14.8 Å². The minimum absolute atomic E-state index is 0.126. The summed E-state index contributed by atoms with van der Waals surface area (Å²) in [6.45, 7) is 3.10. The van der Waals surface area contributed by atoms with Gasteiger partial charge in [-0.1, -0.05) is 30.7 Å². The summed E-state index contributed by atoms with van der Waals surface area (Å²) >= 11 is 6.00. The van der Waals surface area contributed by atoms with Crippen LogP contribution in [0.1, 0.15) is 19.8 Å². The molecule has 0 heterocycles. The van der Waals surface area contributed by atoms with Crippen molar-refractivity contribution in [3.8, 4) is 5.75 Å². The van der Waals surface area contributed by atoms with Gasteiger partial charge in [0.15, 0.2) is 6.10 Å². The molecule has 0 saturated carbocycles. The molecule has 0 bridgehead atoms. The van der Waals surface area contributed by atoms with Crippen LogP contribution >= 0.6 is 11.6 Å². The highest BCUT2D eigenvalue weighted by Gasteiger charge is 2.18.